The molecule has 0 unspecified atom stereocenters. The van der Waals surface area contributed by atoms with Crippen LogP contribution in [0.1, 0.15) is 13.8 Å². The van der Waals surface area contributed by atoms with E-state index >= 15 is 0 Å². The molecule has 0 fully saturated rings. The van der Waals surface area contributed by atoms with Gasteiger partial charge in [0.2, 0.25) is 0 Å². The summed E-state index contributed by atoms with van der Waals surface area (Å²) in [5, 5.41) is 15.1. The normalized spacial score (nSPS) is 6.00. The van der Waals surface area contributed by atoms with E-state index in [1.54, 1.807) is 13.8 Å². The van der Waals surface area contributed by atoms with Crippen LogP contribution in [0.5, 0.6) is 0 Å². The van der Waals surface area contributed by atoms with Gasteiger partial charge in [-0.15, -0.1) is 0 Å². The summed E-state index contributed by atoms with van der Waals surface area (Å²) in [6.45, 7) is 3.86. The predicted octanol–water partition coefficient (Wildman–Crippen LogP) is -0.00280. The van der Waals surface area contributed by atoms with Gasteiger partial charge in [0.25, 0.3) is 0 Å². The molecule has 6 heavy (non-hydrogen) atoms. The Morgan fingerprint density at radius 1 is 1.00 bits per heavy atom. The fourth-order valence-corrected chi connectivity index (χ4v) is 0. The number of hydrogen-bond acceptors (Lipinski definition) is 2. The first-order valence-electron chi connectivity index (χ1n) is 2.05. The second-order valence-corrected chi connectivity index (χ2v) is 0.632. The molecule has 0 spiro atoms. The van der Waals surface area contributed by atoms with E-state index in [1.165, 1.54) is 0 Å². The molecule has 2 nitrogen and oxygen atoms in total. The maximum absolute atomic E-state index is 7.57. The van der Waals surface area contributed by atoms with Gasteiger partial charge in [-0.05, 0) is 13.8 Å². The molecule has 0 amide bonds. The molecule has 0 aliphatic rings. The molecule has 0 aliphatic carbocycles. The SMILES string of the molecule is CCO.CCO. The molecule has 2 heteroatoms. The topological polar surface area (TPSA) is 40.5 Å². The van der Waals surface area contributed by atoms with Gasteiger partial charge in [-0.25, -0.2) is 0 Å². The second-order valence-electron chi connectivity index (χ2n) is 0.632. The summed E-state index contributed by atoms with van der Waals surface area (Å²) in [4.78, 5) is 0. The van der Waals surface area contributed by atoms with Crippen LogP contribution < -0.4 is 0 Å². The molecule has 40 valence electrons. The van der Waals surface area contributed by atoms with E-state index in [2.05, 4.69) is 0 Å². The Hall–Kier alpha value is -0.0800. The molecule has 0 aromatic heterocycles. The summed E-state index contributed by atoms with van der Waals surface area (Å²) in [7, 11) is 0. The zero-order chi connectivity index (χ0) is 5.41. The van der Waals surface area contributed by atoms with E-state index in [9.17, 15) is 0 Å². The molecule has 0 aliphatic heterocycles. The Bertz CT molecular complexity index is 7.51. The average Bonchev–Trinajstić information content (AvgIpc) is 1.39. The Morgan fingerprint density at radius 2 is 1.00 bits per heavy atom. The minimum atomic E-state index is 0.250. The maximum Gasteiger partial charge on any atom is 0.0402 e. The molecule has 0 aromatic carbocycles. The maximum atomic E-state index is 7.57. The predicted molar refractivity (Wildman–Crippen MR) is 25.5 cm³/mol. The van der Waals surface area contributed by atoms with E-state index < -0.39 is 0 Å². The van der Waals surface area contributed by atoms with E-state index in [1.807, 2.05) is 0 Å². The lowest BCUT2D eigenvalue weighted by molar-refractivity contribution is 0.318. The standard InChI is InChI=1S/2C2H6O/c2*1-2-3/h2*3H,2H2,1H3. The lowest BCUT2D eigenvalue weighted by Crippen LogP contribution is -1.57. The van der Waals surface area contributed by atoms with Crippen LogP contribution in [0.4, 0.5) is 0 Å². The van der Waals surface area contributed by atoms with Gasteiger partial charge in [0.05, 0.1) is 0 Å². The lowest BCUT2D eigenvalue weighted by atomic mass is 10.9. The largest absolute Gasteiger partial charge is 0.397 e. The molecule has 0 heterocycles. The monoisotopic (exact) mass is 92.1 g/mol. The fraction of sp³-hybridized carbons (Fsp3) is 1.00. The zero-order valence-electron chi connectivity index (χ0n) is 4.31. The van der Waals surface area contributed by atoms with E-state index in [0.717, 1.165) is 0 Å². The van der Waals surface area contributed by atoms with Crippen LogP contribution in [0, 0.1) is 0 Å². The highest BCUT2D eigenvalue weighted by Gasteiger charge is 1.34. The van der Waals surface area contributed by atoms with Crippen LogP contribution in [-0.4, -0.2) is 23.4 Å². The highest BCUT2D eigenvalue weighted by molar-refractivity contribution is 3.84. The summed E-state index contributed by atoms with van der Waals surface area (Å²) in [5.74, 6) is 0. The Morgan fingerprint density at radius 3 is 1.00 bits per heavy atom. The molecule has 0 saturated heterocycles. The smallest absolute Gasteiger partial charge is 0.0402 e. The highest BCUT2D eigenvalue weighted by atomic mass is 16.3. The van der Waals surface area contributed by atoms with Gasteiger partial charge in [0.1, 0.15) is 0 Å². The summed E-state index contributed by atoms with van der Waals surface area (Å²) in [6, 6.07) is 0. The van der Waals surface area contributed by atoms with Crippen LogP contribution >= 0.6 is 0 Å². The minimum Gasteiger partial charge on any atom is -0.397 e. The summed E-state index contributed by atoms with van der Waals surface area (Å²) >= 11 is 0. The second kappa shape index (κ2) is 20.5. The average molecular weight is 92.1 g/mol. The molecule has 0 bridgehead atoms. The van der Waals surface area contributed by atoms with Gasteiger partial charge in [0.15, 0.2) is 0 Å². The third-order valence-corrected chi connectivity index (χ3v) is 0. The van der Waals surface area contributed by atoms with Gasteiger partial charge in [-0.1, -0.05) is 0 Å². The quantitative estimate of drug-likeness (QED) is 0.441. The van der Waals surface area contributed by atoms with E-state index in [4.69, 9.17) is 10.2 Å². The van der Waals surface area contributed by atoms with Crippen LogP contribution in [0.3, 0.4) is 0 Å². The molecule has 0 saturated carbocycles. The van der Waals surface area contributed by atoms with Crippen molar-refractivity contribution in [2.75, 3.05) is 13.2 Å². The van der Waals surface area contributed by atoms with E-state index in [-0.39, 0.29) is 13.2 Å². The number of aliphatic hydroxyl groups excluding tert-OH is 2. The Labute approximate surface area is 38.4 Å². The van der Waals surface area contributed by atoms with Gasteiger partial charge in [-0.3, -0.25) is 0 Å². The molecular weight excluding hydrogens is 80.0 g/mol. The summed E-state index contributed by atoms with van der Waals surface area (Å²) in [6.07, 6.45) is 0. The number of aliphatic hydroxyl groups is 2. The molecule has 0 aromatic rings. The molecule has 0 atom stereocenters. The van der Waals surface area contributed by atoms with Gasteiger partial charge >= 0.3 is 0 Å². The van der Waals surface area contributed by atoms with Gasteiger partial charge < -0.3 is 10.2 Å². The Kier molecular flexibility index (Phi) is 31.9. The summed E-state index contributed by atoms with van der Waals surface area (Å²) in [5.41, 5.74) is 0. The fourth-order valence-electron chi connectivity index (χ4n) is 0. The number of hydrogen-bond donors (Lipinski definition) is 2. The molecule has 0 radical (unpaired) electrons. The van der Waals surface area contributed by atoms with Crippen molar-refractivity contribution in [2.24, 2.45) is 0 Å². The van der Waals surface area contributed by atoms with Crippen LogP contribution in [0.25, 0.3) is 0 Å². The van der Waals surface area contributed by atoms with Crippen LogP contribution in [0.15, 0.2) is 0 Å². The van der Waals surface area contributed by atoms with Crippen LogP contribution in [-0.2, 0) is 0 Å². The van der Waals surface area contributed by atoms with Crippen molar-refractivity contribution in [3.8, 4) is 0 Å². The first-order chi connectivity index (χ1) is 2.83. The van der Waals surface area contributed by atoms with Crippen molar-refractivity contribution in [1.82, 2.24) is 0 Å². The van der Waals surface area contributed by atoms with Crippen LogP contribution in [0.2, 0.25) is 0 Å². The summed E-state index contributed by atoms with van der Waals surface area (Å²) < 4.78 is 0. The molecular formula is C4H12O2. The molecule has 0 rings (SSSR count). The van der Waals surface area contributed by atoms with Crippen molar-refractivity contribution >= 4 is 0 Å². The third kappa shape index (κ3) is 5220. The zero-order valence-corrected chi connectivity index (χ0v) is 4.31. The van der Waals surface area contributed by atoms with Crippen molar-refractivity contribution in [3.05, 3.63) is 0 Å². The number of rotatable bonds is 0. The van der Waals surface area contributed by atoms with Gasteiger partial charge in [0, 0.05) is 13.2 Å². The van der Waals surface area contributed by atoms with Crippen molar-refractivity contribution in [1.29, 1.82) is 0 Å². The first-order valence-corrected chi connectivity index (χ1v) is 2.05. The van der Waals surface area contributed by atoms with Crippen molar-refractivity contribution in [2.45, 2.75) is 13.8 Å². The van der Waals surface area contributed by atoms with E-state index in [0.29, 0.717) is 0 Å². The molecule has 2 N–H and O–H groups in total. The highest BCUT2D eigenvalue weighted by Crippen LogP contribution is 1.30. The first kappa shape index (κ1) is 9.33. The third-order valence-electron chi connectivity index (χ3n) is 0. The van der Waals surface area contributed by atoms with Crippen molar-refractivity contribution < 1.29 is 10.2 Å². The van der Waals surface area contributed by atoms with Gasteiger partial charge in [-0.2, -0.15) is 0 Å². The Balaban J connectivity index is 0. The minimum absolute atomic E-state index is 0.250. The lowest BCUT2D eigenvalue weighted by Gasteiger charge is -1.52. The van der Waals surface area contributed by atoms with Crippen molar-refractivity contribution in [3.63, 3.8) is 0 Å².